The number of H-pyrrole nitrogens is 1. The summed E-state index contributed by atoms with van der Waals surface area (Å²) < 4.78 is 5.88. The number of ether oxygens (including phenoxy) is 1. The summed E-state index contributed by atoms with van der Waals surface area (Å²) >= 11 is 0. The van der Waals surface area contributed by atoms with Crippen LogP contribution in [0.4, 0.5) is 0 Å². The zero-order valence-corrected chi connectivity index (χ0v) is 17.9. The van der Waals surface area contributed by atoms with E-state index in [1.165, 1.54) is 0 Å². The van der Waals surface area contributed by atoms with E-state index in [-0.39, 0.29) is 12.4 Å². The van der Waals surface area contributed by atoms with Crippen LogP contribution in [0.1, 0.15) is 18.4 Å². The lowest BCUT2D eigenvalue weighted by molar-refractivity contribution is -0.0371. The first-order valence-corrected chi connectivity index (χ1v) is 11.1. The van der Waals surface area contributed by atoms with Crippen molar-refractivity contribution in [3.8, 4) is 11.5 Å². The van der Waals surface area contributed by atoms with E-state index in [1.54, 1.807) is 12.1 Å². The molecule has 32 heavy (non-hydrogen) atoms. The molecule has 0 unspecified atom stereocenters. The number of β-amino-alcohol motifs (C(OH)–C–C–N with tert-alkyl or cyclic N) is 1. The van der Waals surface area contributed by atoms with Gasteiger partial charge in [0.15, 0.2) is 0 Å². The second-order valence-electron chi connectivity index (χ2n) is 8.74. The highest BCUT2D eigenvalue weighted by Crippen LogP contribution is 2.35. The number of benzene rings is 3. The molecule has 1 aromatic heterocycles. The first-order valence-electron chi connectivity index (χ1n) is 11.1. The quantitative estimate of drug-likeness (QED) is 0.373. The number of hydrogen-bond acceptors (Lipinski definition) is 5. The van der Waals surface area contributed by atoms with Gasteiger partial charge in [-0.25, -0.2) is 0 Å². The molecule has 3 aromatic carbocycles. The number of aromatic amines is 1. The molecule has 1 aliphatic rings. The molecule has 0 saturated carbocycles. The van der Waals surface area contributed by atoms with E-state index < -0.39 is 11.7 Å². The van der Waals surface area contributed by atoms with Crippen molar-refractivity contribution in [2.75, 3.05) is 26.2 Å². The molecule has 166 valence electrons. The first kappa shape index (κ1) is 20.8. The van der Waals surface area contributed by atoms with E-state index in [2.05, 4.69) is 9.88 Å². The largest absolute Gasteiger partial charge is 0.508 e. The van der Waals surface area contributed by atoms with Crippen LogP contribution in [-0.2, 0) is 5.60 Å². The Labute approximate surface area is 186 Å². The van der Waals surface area contributed by atoms with Crippen LogP contribution < -0.4 is 4.74 Å². The summed E-state index contributed by atoms with van der Waals surface area (Å²) in [7, 11) is 0. The predicted octanol–water partition coefficient (Wildman–Crippen LogP) is 3.75. The molecule has 0 bridgehead atoms. The Bertz CT molecular complexity index is 1230. The number of aromatic hydroxyl groups is 1. The number of rotatable bonds is 6. The molecule has 4 aromatic rings. The van der Waals surface area contributed by atoms with E-state index in [0.29, 0.717) is 32.5 Å². The van der Waals surface area contributed by atoms with Gasteiger partial charge in [0.05, 0.1) is 5.60 Å². The van der Waals surface area contributed by atoms with Gasteiger partial charge in [0.25, 0.3) is 0 Å². The maximum absolute atomic E-state index is 11.3. The van der Waals surface area contributed by atoms with Gasteiger partial charge in [-0.2, -0.15) is 0 Å². The minimum absolute atomic E-state index is 0.225. The number of phenols is 1. The summed E-state index contributed by atoms with van der Waals surface area (Å²) in [6.45, 7) is 2.14. The number of nitrogens with one attached hydrogen (secondary N) is 1. The molecule has 0 spiro atoms. The number of phenolic OH excluding ortho intramolecular Hbond substituents is 1. The maximum atomic E-state index is 11.3. The molecule has 0 aliphatic carbocycles. The maximum Gasteiger partial charge on any atom is 0.128 e. The van der Waals surface area contributed by atoms with Crippen LogP contribution in [0.2, 0.25) is 0 Å². The summed E-state index contributed by atoms with van der Waals surface area (Å²) in [6, 6.07) is 19.0. The number of piperidine rings is 1. The third-order valence-electron chi connectivity index (χ3n) is 6.50. The Hall–Kier alpha value is -3.06. The van der Waals surface area contributed by atoms with Gasteiger partial charge in [-0.3, -0.25) is 0 Å². The standard InChI is InChI=1S/C26H28N2O4/c29-21-7-5-18-14-20(6-4-19(18)15-21)26(31)9-12-28(13-10-26)16-22(30)17-32-25-3-1-2-24-23(25)8-11-27-24/h1-8,11,14-15,22,27,29-31H,9-10,12-13,16-17H2/t22-/m0/s1. The molecule has 1 atom stereocenters. The van der Waals surface area contributed by atoms with Gasteiger partial charge >= 0.3 is 0 Å². The highest BCUT2D eigenvalue weighted by molar-refractivity contribution is 5.86. The van der Waals surface area contributed by atoms with Crippen molar-refractivity contribution in [3.05, 3.63) is 72.4 Å². The number of nitrogens with zero attached hydrogens (tertiary/aromatic N) is 1. The van der Waals surface area contributed by atoms with E-state index in [0.717, 1.165) is 33.0 Å². The Morgan fingerprint density at radius 1 is 1.00 bits per heavy atom. The van der Waals surface area contributed by atoms with E-state index in [9.17, 15) is 15.3 Å². The molecule has 6 heteroatoms. The molecule has 1 fully saturated rings. The minimum atomic E-state index is -0.881. The number of aromatic nitrogens is 1. The fraction of sp³-hybridized carbons (Fsp3) is 0.308. The molecule has 5 rings (SSSR count). The third-order valence-corrected chi connectivity index (χ3v) is 6.50. The van der Waals surface area contributed by atoms with Gasteiger partial charge in [-0.05, 0) is 65.6 Å². The molecular weight excluding hydrogens is 404 g/mol. The van der Waals surface area contributed by atoms with Crippen LogP contribution in [0.3, 0.4) is 0 Å². The lowest BCUT2D eigenvalue weighted by Gasteiger charge is -2.39. The number of aliphatic hydroxyl groups is 2. The van der Waals surface area contributed by atoms with Gasteiger partial charge in [0.1, 0.15) is 24.2 Å². The molecule has 0 amide bonds. The van der Waals surface area contributed by atoms with Crippen LogP contribution in [0, 0.1) is 0 Å². The van der Waals surface area contributed by atoms with Gasteiger partial charge in [-0.1, -0.05) is 24.3 Å². The highest BCUT2D eigenvalue weighted by atomic mass is 16.5. The Balaban J connectivity index is 1.17. The lowest BCUT2D eigenvalue weighted by atomic mass is 9.83. The van der Waals surface area contributed by atoms with Gasteiger partial charge in [-0.15, -0.1) is 0 Å². The first-order chi connectivity index (χ1) is 15.5. The molecular formula is C26H28N2O4. The highest BCUT2D eigenvalue weighted by Gasteiger charge is 2.34. The van der Waals surface area contributed by atoms with Crippen LogP contribution in [0.5, 0.6) is 11.5 Å². The average molecular weight is 433 g/mol. The SMILES string of the molecule is Oc1ccc2cc(C3(O)CCN(C[C@H](O)COc4cccc5[nH]ccc45)CC3)ccc2c1. The van der Waals surface area contributed by atoms with Crippen molar-refractivity contribution in [3.63, 3.8) is 0 Å². The zero-order valence-electron chi connectivity index (χ0n) is 17.9. The topological polar surface area (TPSA) is 89.0 Å². The van der Waals surface area contributed by atoms with Gasteiger partial charge in [0.2, 0.25) is 0 Å². The fourth-order valence-electron chi connectivity index (χ4n) is 4.64. The molecule has 4 N–H and O–H groups in total. The number of aliphatic hydroxyl groups excluding tert-OH is 1. The number of hydrogen-bond donors (Lipinski definition) is 4. The van der Waals surface area contributed by atoms with Crippen molar-refractivity contribution >= 4 is 21.7 Å². The number of likely N-dealkylation sites (tertiary alicyclic amines) is 1. The van der Waals surface area contributed by atoms with Crippen LogP contribution in [0.15, 0.2) is 66.9 Å². The monoisotopic (exact) mass is 432 g/mol. The Morgan fingerprint density at radius 3 is 2.62 bits per heavy atom. The van der Waals surface area contributed by atoms with Crippen molar-refractivity contribution in [2.24, 2.45) is 0 Å². The van der Waals surface area contributed by atoms with E-state index in [4.69, 9.17) is 4.74 Å². The Kier molecular flexibility index (Phi) is 5.51. The summed E-state index contributed by atoms with van der Waals surface area (Å²) in [4.78, 5) is 5.34. The summed E-state index contributed by atoms with van der Waals surface area (Å²) in [5.74, 6) is 1.00. The van der Waals surface area contributed by atoms with Crippen LogP contribution >= 0.6 is 0 Å². The fourth-order valence-corrected chi connectivity index (χ4v) is 4.64. The average Bonchev–Trinajstić information content (AvgIpc) is 3.28. The third kappa shape index (κ3) is 4.17. The summed E-state index contributed by atoms with van der Waals surface area (Å²) in [5, 5.41) is 34.4. The second-order valence-corrected chi connectivity index (χ2v) is 8.74. The molecule has 0 radical (unpaired) electrons. The second kappa shape index (κ2) is 8.47. The Morgan fingerprint density at radius 2 is 1.78 bits per heavy atom. The smallest absolute Gasteiger partial charge is 0.128 e. The van der Waals surface area contributed by atoms with Gasteiger partial charge in [0, 0.05) is 36.7 Å². The van der Waals surface area contributed by atoms with Crippen molar-refractivity contribution < 1.29 is 20.1 Å². The van der Waals surface area contributed by atoms with Crippen molar-refractivity contribution in [1.29, 1.82) is 0 Å². The summed E-state index contributed by atoms with van der Waals surface area (Å²) in [5.41, 5.74) is 1.03. The van der Waals surface area contributed by atoms with Crippen molar-refractivity contribution in [2.45, 2.75) is 24.5 Å². The summed E-state index contributed by atoms with van der Waals surface area (Å²) in [6.07, 6.45) is 2.48. The van der Waals surface area contributed by atoms with E-state index in [1.807, 2.05) is 54.7 Å². The van der Waals surface area contributed by atoms with E-state index >= 15 is 0 Å². The predicted molar refractivity (Wildman–Crippen MR) is 125 cm³/mol. The zero-order chi connectivity index (χ0) is 22.1. The normalized spacial score (nSPS) is 17.6. The molecule has 1 aliphatic heterocycles. The lowest BCUT2D eigenvalue weighted by Crippen LogP contribution is -2.46. The van der Waals surface area contributed by atoms with Crippen LogP contribution in [-0.4, -0.2) is 57.5 Å². The van der Waals surface area contributed by atoms with Crippen LogP contribution in [0.25, 0.3) is 21.7 Å². The molecule has 6 nitrogen and oxygen atoms in total. The molecule has 1 saturated heterocycles. The molecule has 2 heterocycles. The number of fused-ring (bicyclic) bond motifs is 2. The van der Waals surface area contributed by atoms with Crippen molar-refractivity contribution in [1.82, 2.24) is 9.88 Å². The minimum Gasteiger partial charge on any atom is -0.508 e. The van der Waals surface area contributed by atoms with Gasteiger partial charge < -0.3 is 29.9 Å².